The van der Waals surface area contributed by atoms with Crippen molar-refractivity contribution in [3.05, 3.63) is 41.9 Å². The first-order valence-electron chi connectivity index (χ1n) is 9.24. The minimum atomic E-state index is -0.975. The third-order valence-electron chi connectivity index (χ3n) is 4.97. The number of hydrogen-bond donors (Lipinski definition) is 4. The van der Waals surface area contributed by atoms with Gasteiger partial charge in [-0.25, -0.2) is 4.79 Å². The van der Waals surface area contributed by atoms with Gasteiger partial charge in [0.05, 0.1) is 6.42 Å². The summed E-state index contributed by atoms with van der Waals surface area (Å²) in [7, 11) is 0. The predicted molar refractivity (Wildman–Crippen MR) is 100 cm³/mol. The molecule has 144 valence electrons. The highest BCUT2D eigenvalue weighted by Crippen LogP contribution is 2.40. The molecule has 0 aromatic carbocycles. The SMILES string of the molecule is CC(C[C@H]1CC[C@@H](c2cc(NC(=O)Cc3ccccn3)n[nH]2)C1)NC(=O)O. The number of nitrogens with one attached hydrogen (secondary N) is 3. The van der Waals surface area contributed by atoms with Gasteiger partial charge < -0.3 is 15.7 Å². The molecule has 1 saturated carbocycles. The maximum absolute atomic E-state index is 12.1. The first kappa shape index (κ1) is 18.9. The summed E-state index contributed by atoms with van der Waals surface area (Å²) in [4.78, 5) is 27.0. The molecule has 0 spiro atoms. The molecule has 27 heavy (non-hydrogen) atoms. The first-order valence-corrected chi connectivity index (χ1v) is 9.24. The average molecular weight is 371 g/mol. The van der Waals surface area contributed by atoms with E-state index in [1.807, 2.05) is 31.2 Å². The molecule has 2 aromatic heterocycles. The molecule has 0 aliphatic heterocycles. The fourth-order valence-electron chi connectivity index (χ4n) is 3.81. The van der Waals surface area contributed by atoms with E-state index in [1.54, 1.807) is 6.20 Å². The molecule has 1 aliphatic carbocycles. The second-order valence-electron chi connectivity index (χ2n) is 7.22. The van der Waals surface area contributed by atoms with Gasteiger partial charge in [0, 0.05) is 35.6 Å². The van der Waals surface area contributed by atoms with Gasteiger partial charge in [-0.15, -0.1) is 0 Å². The van der Waals surface area contributed by atoms with E-state index in [2.05, 4.69) is 25.8 Å². The molecule has 2 amide bonds. The van der Waals surface area contributed by atoms with Gasteiger partial charge in [-0.3, -0.25) is 14.9 Å². The number of nitrogens with zero attached hydrogens (tertiary/aromatic N) is 2. The van der Waals surface area contributed by atoms with Crippen molar-refractivity contribution in [1.29, 1.82) is 0 Å². The Morgan fingerprint density at radius 1 is 1.37 bits per heavy atom. The number of aromatic nitrogens is 3. The van der Waals surface area contributed by atoms with Crippen LogP contribution in [0, 0.1) is 5.92 Å². The Kier molecular flexibility index (Phi) is 6.05. The van der Waals surface area contributed by atoms with E-state index >= 15 is 0 Å². The summed E-state index contributed by atoms with van der Waals surface area (Å²) in [6.07, 6.45) is 4.84. The summed E-state index contributed by atoms with van der Waals surface area (Å²) < 4.78 is 0. The third kappa shape index (κ3) is 5.54. The van der Waals surface area contributed by atoms with Gasteiger partial charge in [0.25, 0.3) is 0 Å². The molecule has 3 rings (SSSR count). The van der Waals surface area contributed by atoms with Crippen LogP contribution in [0.25, 0.3) is 0 Å². The zero-order chi connectivity index (χ0) is 19.2. The van der Waals surface area contributed by atoms with Crippen molar-refractivity contribution in [2.75, 3.05) is 5.32 Å². The van der Waals surface area contributed by atoms with Gasteiger partial charge in [0.15, 0.2) is 5.82 Å². The maximum Gasteiger partial charge on any atom is 0.404 e. The molecular weight excluding hydrogens is 346 g/mol. The van der Waals surface area contributed by atoms with Crippen LogP contribution in [-0.2, 0) is 11.2 Å². The van der Waals surface area contributed by atoms with Crippen LogP contribution < -0.4 is 10.6 Å². The lowest BCUT2D eigenvalue weighted by atomic mass is 9.96. The second-order valence-corrected chi connectivity index (χ2v) is 7.22. The Morgan fingerprint density at radius 2 is 2.22 bits per heavy atom. The number of pyridine rings is 1. The minimum Gasteiger partial charge on any atom is -0.465 e. The highest BCUT2D eigenvalue weighted by Gasteiger charge is 2.28. The minimum absolute atomic E-state index is 0.0468. The smallest absolute Gasteiger partial charge is 0.404 e. The number of carbonyl (C=O) groups is 2. The highest BCUT2D eigenvalue weighted by atomic mass is 16.4. The molecule has 1 aliphatic rings. The maximum atomic E-state index is 12.1. The summed E-state index contributed by atoms with van der Waals surface area (Å²) in [6, 6.07) is 7.33. The standard InChI is InChI=1S/C19H25N5O3/c1-12(21-19(26)27)8-13-5-6-14(9-13)16-11-17(24-23-16)22-18(25)10-15-4-2-3-7-20-15/h2-4,7,11-14,21H,5-6,8-10H2,1H3,(H,26,27)(H2,22,23,24,25)/t12?,13-,14-/m1/s1. The highest BCUT2D eigenvalue weighted by molar-refractivity contribution is 5.91. The lowest BCUT2D eigenvalue weighted by Crippen LogP contribution is -2.32. The molecule has 4 N–H and O–H groups in total. The number of carboxylic acid groups (broad SMARTS) is 1. The van der Waals surface area contributed by atoms with Crippen LogP contribution in [0.4, 0.5) is 10.6 Å². The molecular formula is C19H25N5O3. The van der Waals surface area contributed by atoms with E-state index in [0.717, 1.165) is 31.4 Å². The number of hydrogen-bond acceptors (Lipinski definition) is 4. The number of aromatic amines is 1. The van der Waals surface area contributed by atoms with Gasteiger partial charge in [0.1, 0.15) is 0 Å². The topological polar surface area (TPSA) is 120 Å². The Labute approximate surface area is 157 Å². The van der Waals surface area contributed by atoms with Crippen LogP contribution in [0.1, 0.15) is 49.9 Å². The monoisotopic (exact) mass is 371 g/mol. The van der Waals surface area contributed by atoms with Crippen LogP contribution in [-0.4, -0.2) is 38.3 Å². The molecule has 0 radical (unpaired) electrons. The summed E-state index contributed by atoms with van der Waals surface area (Å²) in [5.74, 6) is 1.23. The summed E-state index contributed by atoms with van der Waals surface area (Å²) >= 11 is 0. The van der Waals surface area contributed by atoms with Gasteiger partial charge in [-0.2, -0.15) is 5.10 Å². The van der Waals surface area contributed by atoms with Gasteiger partial charge in [-0.1, -0.05) is 6.07 Å². The van der Waals surface area contributed by atoms with Gasteiger partial charge in [-0.05, 0) is 50.7 Å². The molecule has 8 heteroatoms. The van der Waals surface area contributed by atoms with Crippen molar-refractivity contribution in [1.82, 2.24) is 20.5 Å². The molecule has 1 fully saturated rings. The van der Waals surface area contributed by atoms with Crippen LogP contribution in [0.2, 0.25) is 0 Å². The molecule has 3 atom stereocenters. The molecule has 0 bridgehead atoms. The Bertz CT molecular complexity index is 777. The third-order valence-corrected chi connectivity index (χ3v) is 4.97. The van der Waals surface area contributed by atoms with Crippen molar-refractivity contribution in [3.8, 4) is 0 Å². The van der Waals surface area contributed by atoms with Crippen molar-refractivity contribution in [2.24, 2.45) is 5.92 Å². The summed E-state index contributed by atoms with van der Waals surface area (Å²) in [5, 5.41) is 21.3. The van der Waals surface area contributed by atoms with E-state index in [9.17, 15) is 9.59 Å². The van der Waals surface area contributed by atoms with E-state index in [0.29, 0.717) is 23.3 Å². The zero-order valence-electron chi connectivity index (χ0n) is 15.3. The van der Waals surface area contributed by atoms with Crippen molar-refractivity contribution >= 4 is 17.8 Å². The lowest BCUT2D eigenvalue weighted by Gasteiger charge is -2.16. The summed E-state index contributed by atoms with van der Waals surface area (Å²) in [6.45, 7) is 1.90. The average Bonchev–Trinajstić information content (AvgIpc) is 3.24. The quantitative estimate of drug-likeness (QED) is 0.596. The van der Waals surface area contributed by atoms with E-state index in [4.69, 9.17) is 5.11 Å². The van der Waals surface area contributed by atoms with Crippen LogP contribution in [0.5, 0.6) is 0 Å². The van der Waals surface area contributed by atoms with E-state index in [-0.39, 0.29) is 18.4 Å². The lowest BCUT2D eigenvalue weighted by molar-refractivity contribution is -0.115. The van der Waals surface area contributed by atoms with Gasteiger partial charge in [0.2, 0.25) is 5.91 Å². The normalized spacial score (nSPS) is 20.2. The molecule has 1 unspecified atom stereocenters. The van der Waals surface area contributed by atoms with E-state index in [1.165, 1.54) is 0 Å². The second kappa shape index (κ2) is 8.66. The Morgan fingerprint density at radius 3 is 2.96 bits per heavy atom. The predicted octanol–water partition coefficient (Wildman–Crippen LogP) is 2.92. The summed E-state index contributed by atoms with van der Waals surface area (Å²) in [5.41, 5.74) is 1.73. The number of amides is 2. The zero-order valence-corrected chi connectivity index (χ0v) is 15.3. The molecule has 0 saturated heterocycles. The van der Waals surface area contributed by atoms with Crippen molar-refractivity contribution in [3.63, 3.8) is 0 Å². The first-order chi connectivity index (χ1) is 13.0. The van der Waals surface area contributed by atoms with Crippen molar-refractivity contribution in [2.45, 2.75) is 51.0 Å². The van der Waals surface area contributed by atoms with Crippen molar-refractivity contribution < 1.29 is 14.7 Å². The van der Waals surface area contributed by atoms with Crippen LogP contribution in [0.15, 0.2) is 30.5 Å². The number of carbonyl (C=O) groups excluding carboxylic acids is 1. The molecule has 2 heterocycles. The largest absolute Gasteiger partial charge is 0.465 e. The van der Waals surface area contributed by atoms with Crippen LogP contribution >= 0.6 is 0 Å². The fourth-order valence-corrected chi connectivity index (χ4v) is 3.81. The molecule has 2 aromatic rings. The fraction of sp³-hybridized carbons (Fsp3) is 0.474. The Hall–Kier alpha value is -2.90. The molecule has 8 nitrogen and oxygen atoms in total. The Balaban J connectivity index is 1.49. The number of H-pyrrole nitrogens is 1. The van der Waals surface area contributed by atoms with E-state index < -0.39 is 6.09 Å². The van der Waals surface area contributed by atoms with Gasteiger partial charge >= 0.3 is 6.09 Å². The number of rotatable bonds is 7. The number of anilines is 1. The van der Waals surface area contributed by atoms with Crippen LogP contribution in [0.3, 0.4) is 0 Å².